The van der Waals surface area contributed by atoms with Gasteiger partial charge in [0.1, 0.15) is 5.75 Å². The Bertz CT molecular complexity index is 359. The molecule has 1 rings (SSSR count). The summed E-state index contributed by atoms with van der Waals surface area (Å²) < 4.78 is 0. The molecule has 2 atom stereocenters. The SMILES string of the molecule is CC(O)CC(C)NC(=O)Cc1ccc(O)cc1. The number of hydrogen-bond acceptors (Lipinski definition) is 3. The van der Waals surface area contributed by atoms with Gasteiger partial charge in [0.2, 0.25) is 5.91 Å². The monoisotopic (exact) mass is 237 g/mol. The second kappa shape index (κ2) is 6.25. The van der Waals surface area contributed by atoms with E-state index in [4.69, 9.17) is 5.11 Å². The van der Waals surface area contributed by atoms with Crippen LogP contribution >= 0.6 is 0 Å². The number of amides is 1. The molecule has 0 radical (unpaired) electrons. The van der Waals surface area contributed by atoms with Crippen LogP contribution < -0.4 is 5.32 Å². The van der Waals surface area contributed by atoms with Crippen molar-refractivity contribution in [3.05, 3.63) is 29.8 Å². The van der Waals surface area contributed by atoms with Crippen LogP contribution in [0.3, 0.4) is 0 Å². The summed E-state index contributed by atoms with van der Waals surface area (Å²) in [7, 11) is 0. The fourth-order valence-electron chi connectivity index (χ4n) is 1.70. The van der Waals surface area contributed by atoms with Crippen LogP contribution in [-0.2, 0) is 11.2 Å². The second-order valence-electron chi connectivity index (χ2n) is 4.40. The van der Waals surface area contributed by atoms with Crippen molar-refractivity contribution in [1.29, 1.82) is 0 Å². The van der Waals surface area contributed by atoms with Crippen LogP contribution in [0, 0.1) is 0 Å². The van der Waals surface area contributed by atoms with Crippen LogP contribution in [0.2, 0.25) is 0 Å². The molecule has 0 saturated heterocycles. The summed E-state index contributed by atoms with van der Waals surface area (Å²) in [5.74, 6) is 0.112. The van der Waals surface area contributed by atoms with Gasteiger partial charge in [0, 0.05) is 6.04 Å². The third kappa shape index (κ3) is 5.36. The number of nitrogens with one attached hydrogen (secondary N) is 1. The Morgan fingerprint density at radius 1 is 1.29 bits per heavy atom. The zero-order valence-corrected chi connectivity index (χ0v) is 10.2. The number of carbonyl (C=O) groups excluding carboxylic acids is 1. The van der Waals surface area contributed by atoms with Crippen molar-refractivity contribution >= 4 is 5.91 Å². The first-order valence-electron chi connectivity index (χ1n) is 5.72. The van der Waals surface area contributed by atoms with Gasteiger partial charge < -0.3 is 15.5 Å². The highest BCUT2D eigenvalue weighted by Gasteiger charge is 2.10. The molecular weight excluding hydrogens is 218 g/mol. The van der Waals surface area contributed by atoms with E-state index in [1.165, 1.54) is 0 Å². The Labute approximate surface area is 101 Å². The minimum absolute atomic E-state index is 0.0420. The van der Waals surface area contributed by atoms with Crippen LogP contribution in [-0.4, -0.2) is 28.3 Å². The van der Waals surface area contributed by atoms with Gasteiger partial charge in [0.15, 0.2) is 0 Å². The maximum Gasteiger partial charge on any atom is 0.224 e. The van der Waals surface area contributed by atoms with Crippen LogP contribution in [0.1, 0.15) is 25.8 Å². The third-order valence-electron chi connectivity index (χ3n) is 2.40. The Hall–Kier alpha value is -1.55. The van der Waals surface area contributed by atoms with Crippen molar-refractivity contribution in [2.24, 2.45) is 0 Å². The number of aromatic hydroxyl groups is 1. The summed E-state index contributed by atoms with van der Waals surface area (Å²) in [6.07, 6.45) is 0.408. The van der Waals surface area contributed by atoms with Gasteiger partial charge in [-0.1, -0.05) is 12.1 Å². The van der Waals surface area contributed by atoms with E-state index in [2.05, 4.69) is 5.32 Å². The molecule has 0 heterocycles. The molecule has 1 aromatic rings. The summed E-state index contributed by atoms with van der Waals surface area (Å²) >= 11 is 0. The Morgan fingerprint density at radius 3 is 2.41 bits per heavy atom. The molecule has 0 fully saturated rings. The molecule has 2 unspecified atom stereocenters. The molecule has 0 aliphatic carbocycles. The number of carbonyl (C=O) groups is 1. The first kappa shape index (κ1) is 13.5. The molecule has 0 spiro atoms. The van der Waals surface area contributed by atoms with Crippen LogP contribution in [0.25, 0.3) is 0 Å². The first-order chi connectivity index (χ1) is 7.97. The van der Waals surface area contributed by atoms with E-state index < -0.39 is 6.10 Å². The first-order valence-corrected chi connectivity index (χ1v) is 5.72. The molecule has 94 valence electrons. The van der Waals surface area contributed by atoms with E-state index in [0.29, 0.717) is 6.42 Å². The van der Waals surface area contributed by atoms with E-state index in [1.807, 2.05) is 6.92 Å². The molecule has 0 bridgehead atoms. The number of benzene rings is 1. The van der Waals surface area contributed by atoms with E-state index in [0.717, 1.165) is 5.56 Å². The minimum Gasteiger partial charge on any atom is -0.508 e. The zero-order valence-electron chi connectivity index (χ0n) is 10.2. The standard InChI is InChI=1S/C13H19NO3/c1-9(7-10(2)15)14-13(17)8-11-3-5-12(16)6-4-11/h3-6,9-10,15-16H,7-8H2,1-2H3,(H,14,17). The summed E-state index contributed by atoms with van der Waals surface area (Å²) in [4.78, 5) is 11.6. The fraction of sp³-hybridized carbons (Fsp3) is 0.462. The normalized spacial score (nSPS) is 14.1. The highest BCUT2D eigenvalue weighted by Crippen LogP contribution is 2.10. The van der Waals surface area contributed by atoms with E-state index in [-0.39, 0.29) is 24.1 Å². The lowest BCUT2D eigenvalue weighted by Gasteiger charge is -2.15. The van der Waals surface area contributed by atoms with Crippen LogP contribution in [0.4, 0.5) is 0 Å². The largest absolute Gasteiger partial charge is 0.508 e. The lowest BCUT2D eigenvalue weighted by atomic mass is 10.1. The third-order valence-corrected chi connectivity index (χ3v) is 2.40. The number of phenols is 1. The number of hydrogen-bond donors (Lipinski definition) is 3. The molecule has 1 amide bonds. The van der Waals surface area contributed by atoms with Crippen molar-refractivity contribution in [1.82, 2.24) is 5.32 Å². The van der Waals surface area contributed by atoms with Gasteiger partial charge in [-0.05, 0) is 38.0 Å². The van der Waals surface area contributed by atoms with Gasteiger partial charge in [-0.15, -0.1) is 0 Å². The lowest BCUT2D eigenvalue weighted by molar-refractivity contribution is -0.121. The lowest BCUT2D eigenvalue weighted by Crippen LogP contribution is -2.35. The number of rotatable bonds is 5. The van der Waals surface area contributed by atoms with Gasteiger partial charge in [0.05, 0.1) is 12.5 Å². The Kier molecular flexibility index (Phi) is 4.97. The number of aliphatic hydroxyl groups excluding tert-OH is 1. The summed E-state index contributed by atoms with van der Waals surface area (Å²) in [6.45, 7) is 3.56. The van der Waals surface area contributed by atoms with Crippen LogP contribution in [0.5, 0.6) is 5.75 Å². The summed E-state index contributed by atoms with van der Waals surface area (Å²) in [5, 5.41) is 21.1. The Balaban J connectivity index is 2.41. The molecule has 4 nitrogen and oxygen atoms in total. The van der Waals surface area contributed by atoms with E-state index in [1.54, 1.807) is 31.2 Å². The maximum atomic E-state index is 11.6. The molecule has 0 aromatic heterocycles. The molecular formula is C13H19NO3. The van der Waals surface area contributed by atoms with Crippen molar-refractivity contribution < 1.29 is 15.0 Å². The van der Waals surface area contributed by atoms with Crippen molar-refractivity contribution in [3.8, 4) is 5.75 Å². The van der Waals surface area contributed by atoms with Crippen molar-refractivity contribution in [3.63, 3.8) is 0 Å². The zero-order chi connectivity index (χ0) is 12.8. The van der Waals surface area contributed by atoms with Crippen molar-refractivity contribution in [2.75, 3.05) is 0 Å². The van der Waals surface area contributed by atoms with Gasteiger partial charge in [-0.3, -0.25) is 4.79 Å². The quantitative estimate of drug-likeness (QED) is 0.721. The number of aliphatic hydroxyl groups is 1. The van der Waals surface area contributed by atoms with E-state index in [9.17, 15) is 9.90 Å². The highest BCUT2D eigenvalue weighted by atomic mass is 16.3. The molecule has 4 heteroatoms. The highest BCUT2D eigenvalue weighted by molar-refractivity contribution is 5.78. The molecule has 0 aliphatic rings. The van der Waals surface area contributed by atoms with Crippen LogP contribution in [0.15, 0.2) is 24.3 Å². The minimum atomic E-state index is -0.418. The second-order valence-corrected chi connectivity index (χ2v) is 4.40. The molecule has 3 N–H and O–H groups in total. The van der Waals surface area contributed by atoms with Gasteiger partial charge in [0.25, 0.3) is 0 Å². The van der Waals surface area contributed by atoms with E-state index >= 15 is 0 Å². The van der Waals surface area contributed by atoms with Crippen molar-refractivity contribution in [2.45, 2.75) is 38.8 Å². The summed E-state index contributed by atoms with van der Waals surface area (Å²) in [6, 6.07) is 6.51. The summed E-state index contributed by atoms with van der Waals surface area (Å²) in [5.41, 5.74) is 0.851. The van der Waals surface area contributed by atoms with Gasteiger partial charge >= 0.3 is 0 Å². The molecule has 0 aliphatic heterocycles. The Morgan fingerprint density at radius 2 is 1.88 bits per heavy atom. The maximum absolute atomic E-state index is 11.6. The predicted octanol–water partition coefficient (Wildman–Crippen LogP) is 1.21. The number of phenolic OH excluding ortho intramolecular Hbond substituents is 1. The predicted molar refractivity (Wildman–Crippen MR) is 65.7 cm³/mol. The molecule has 17 heavy (non-hydrogen) atoms. The average molecular weight is 237 g/mol. The molecule has 1 aromatic carbocycles. The van der Waals surface area contributed by atoms with Gasteiger partial charge in [-0.25, -0.2) is 0 Å². The fourth-order valence-corrected chi connectivity index (χ4v) is 1.70. The smallest absolute Gasteiger partial charge is 0.224 e. The van der Waals surface area contributed by atoms with Gasteiger partial charge in [-0.2, -0.15) is 0 Å². The average Bonchev–Trinajstić information content (AvgIpc) is 2.19. The topological polar surface area (TPSA) is 69.6 Å². The molecule has 0 saturated carbocycles.